The molecule has 1 aromatic carbocycles. The molecule has 0 bridgehead atoms. The SMILES string of the molecule is CCNC(c1cc2cccc(F)c2o1)c1ccc(Br)s1. The summed E-state index contributed by atoms with van der Waals surface area (Å²) in [5.74, 6) is 0.414. The molecule has 0 spiro atoms. The second-order valence-electron chi connectivity index (χ2n) is 4.44. The second kappa shape index (κ2) is 5.68. The number of halogens is 2. The lowest BCUT2D eigenvalue weighted by Gasteiger charge is -2.13. The number of hydrogen-bond donors (Lipinski definition) is 1. The number of fused-ring (bicyclic) bond motifs is 1. The summed E-state index contributed by atoms with van der Waals surface area (Å²) < 4.78 is 20.5. The summed E-state index contributed by atoms with van der Waals surface area (Å²) >= 11 is 5.12. The minimum Gasteiger partial charge on any atom is -0.456 e. The molecule has 1 N–H and O–H groups in total. The van der Waals surface area contributed by atoms with Crippen LogP contribution >= 0.6 is 27.3 Å². The van der Waals surface area contributed by atoms with Crippen LogP contribution in [0, 0.1) is 5.82 Å². The van der Waals surface area contributed by atoms with Gasteiger partial charge in [0.25, 0.3) is 0 Å². The molecule has 2 aromatic heterocycles. The van der Waals surface area contributed by atoms with Crippen LogP contribution in [0.5, 0.6) is 0 Å². The Bertz CT molecular complexity index is 736. The van der Waals surface area contributed by atoms with Crippen LogP contribution in [0.3, 0.4) is 0 Å². The zero-order valence-corrected chi connectivity index (χ0v) is 13.2. The van der Waals surface area contributed by atoms with Gasteiger partial charge in [0.15, 0.2) is 11.4 Å². The van der Waals surface area contributed by atoms with E-state index in [0.29, 0.717) is 5.58 Å². The average Bonchev–Trinajstić information content (AvgIpc) is 3.03. The van der Waals surface area contributed by atoms with Crippen molar-refractivity contribution in [1.82, 2.24) is 5.32 Å². The van der Waals surface area contributed by atoms with E-state index in [9.17, 15) is 4.39 Å². The molecule has 3 aromatic rings. The first kappa shape index (κ1) is 13.8. The van der Waals surface area contributed by atoms with Crippen LogP contribution in [-0.2, 0) is 0 Å². The minimum atomic E-state index is -0.323. The van der Waals surface area contributed by atoms with Crippen LogP contribution in [0.15, 0.2) is 44.6 Å². The lowest BCUT2D eigenvalue weighted by molar-refractivity contribution is 0.468. The Labute approximate surface area is 128 Å². The van der Waals surface area contributed by atoms with Gasteiger partial charge in [-0.2, -0.15) is 0 Å². The van der Waals surface area contributed by atoms with Crippen molar-refractivity contribution in [2.45, 2.75) is 13.0 Å². The summed E-state index contributed by atoms with van der Waals surface area (Å²) in [4.78, 5) is 1.14. The van der Waals surface area contributed by atoms with E-state index in [1.165, 1.54) is 6.07 Å². The molecule has 0 saturated carbocycles. The maximum absolute atomic E-state index is 13.7. The Balaban J connectivity index is 2.07. The van der Waals surface area contributed by atoms with Gasteiger partial charge in [-0.1, -0.05) is 19.1 Å². The summed E-state index contributed by atoms with van der Waals surface area (Å²) in [6.45, 7) is 2.85. The Morgan fingerprint density at radius 3 is 2.85 bits per heavy atom. The highest BCUT2D eigenvalue weighted by molar-refractivity contribution is 9.11. The van der Waals surface area contributed by atoms with Crippen LogP contribution in [0.1, 0.15) is 23.6 Å². The summed E-state index contributed by atoms with van der Waals surface area (Å²) in [6.07, 6.45) is 0. The Hall–Kier alpha value is -1.17. The molecular weight excluding hydrogens is 341 g/mol. The topological polar surface area (TPSA) is 25.2 Å². The molecule has 3 rings (SSSR count). The standard InChI is InChI=1S/C15H13BrFNOS/c1-2-18-14(12-6-7-13(16)20-12)11-8-9-4-3-5-10(17)15(9)19-11/h3-8,14,18H,2H2,1H3. The van der Waals surface area contributed by atoms with Crippen molar-refractivity contribution in [2.75, 3.05) is 6.54 Å². The molecule has 0 aliphatic heterocycles. The molecule has 1 atom stereocenters. The van der Waals surface area contributed by atoms with Crippen LogP contribution in [0.4, 0.5) is 4.39 Å². The monoisotopic (exact) mass is 353 g/mol. The molecule has 0 aliphatic carbocycles. The fourth-order valence-electron chi connectivity index (χ4n) is 2.22. The van der Waals surface area contributed by atoms with E-state index in [2.05, 4.69) is 21.2 Å². The second-order valence-corrected chi connectivity index (χ2v) is 6.93. The predicted octanol–water partition coefficient (Wildman–Crippen LogP) is 5.09. The van der Waals surface area contributed by atoms with Crippen LogP contribution in [-0.4, -0.2) is 6.54 Å². The molecule has 0 fully saturated rings. The number of rotatable bonds is 4. The van der Waals surface area contributed by atoms with Crippen LogP contribution in [0.2, 0.25) is 0 Å². The molecule has 0 radical (unpaired) electrons. The molecule has 0 aliphatic rings. The number of nitrogens with one attached hydrogen (secondary N) is 1. The van der Waals surface area contributed by atoms with E-state index < -0.39 is 0 Å². The number of furan rings is 1. The fourth-order valence-corrected chi connectivity index (χ4v) is 3.73. The van der Waals surface area contributed by atoms with Gasteiger partial charge in [-0.05, 0) is 46.7 Å². The van der Waals surface area contributed by atoms with Gasteiger partial charge < -0.3 is 9.73 Å². The molecule has 2 heterocycles. The third-order valence-electron chi connectivity index (χ3n) is 3.09. The summed E-state index contributed by atoms with van der Waals surface area (Å²) in [7, 11) is 0. The summed E-state index contributed by atoms with van der Waals surface area (Å²) in [6, 6.07) is 10.9. The van der Waals surface area contributed by atoms with Gasteiger partial charge in [0.05, 0.1) is 3.79 Å². The van der Waals surface area contributed by atoms with E-state index in [0.717, 1.165) is 26.4 Å². The van der Waals surface area contributed by atoms with Gasteiger partial charge >= 0.3 is 0 Å². The quantitative estimate of drug-likeness (QED) is 0.706. The predicted molar refractivity (Wildman–Crippen MR) is 83.7 cm³/mol. The molecule has 0 amide bonds. The number of hydrogen-bond acceptors (Lipinski definition) is 3. The molecule has 104 valence electrons. The van der Waals surface area contributed by atoms with Crippen molar-refractivity contribution in [3.05, 3.63) is 56.6 Å². The van der Waals surface area contributed by atoms with E-state index in [-0.39, 0.29) is 11.9 Å². The van der Waals surface area contributed by atoms with E-state index >= 15 is 0 Å². The van der Waals surface area contributed by atoms with Gasteiger partial charge in [0.1, 0.15) is 11.8 Å². The zero-order chi connectivity index (χ0) is 14.1. The third kappa shape index (κ3) is 2.53. The first-order chi connectivity index (χ1) is 9.69. The molecule has 0 saturated heterocycles. The lowest BCUT2D eigenvalue weighted by atomic mass is 10.1. The first-order valence-corrected chi connectivity index (χ1v) is 7.96. The van der Waals surface area contributed by atoms with Crippen molar-refractivity contribution >= 4 is 38.2 Å². The first-order valence-electron chi connectivity index (χ1n) is 6.35. The Morgan fingerprint density at radius 2 is 2.20 bits per heavy atom. The van der Waals surface area contributed by atoms with Crippen molar-refractivity contribution in [1.29, 1.82) is 0 Å². The average molecular weight is 354 g/mol. The van der Waals surface area contributed by atoms with Gasteiger partial charge in [-0.15, -0.1) is 11.3 Å². The van der Waals surface area contributed by atoms with Crippen molar-refractivity contribution < 1.29 is 8.81 Å². The van der Waals surface area contributed by atoms with Crippen molar-refractivity contribution in [3.63, 3.8) is 0 Å². The number of para-hydroxylation sites is 1. The highest BCUT2D eigenvalue weighted by atomic mass is 79.9. The third-order valence-corrected chi connectivity index (χ3v) is 4.77. The highest BCUT2D eigenvalue weighted by Crippen LogP contribution is 2.34. The maximum atomic E-state index is 13.7. The summed E-state index contributed by atoms with van der Waals surface area (Å²) in [5.41, 5.74) is 0.320. The van der Waals surface area contributed by atoms with Gasteiger partial charge in [-0.25, -0.2) is 4.39 Å². The molecule has 5 heteroatoms. The van der Waals surface area contributed by atoms with E-state index in [1.54, 1.807) is 17.4 Å². The largest absolute Gasteiger partial charge is 0.456 e. The van der Waals surface area contributed by atoms with Crippen molar-refractivity contribution in [2.24, 2.45) is 0 Å². The number of benzene rings is 1. The van der Waals surface area contributed by atoms with Gasteiger partial charge in [-0.3, -0.25) is 0 Å². The molecule has 1 unspecified atom stereocenters. The van der Waals surface area contributed by atoms with Crippen molar-refractivity contribution in [3.8, 4) is 0 Å². The van der Waals surface area contributed by atoms with Crippen LogP contribution < -0.4 is 5.32 Å². The highest BCUT2D eigenvalue weighted by Gasteiger charge is 2.20. The maximum Gasteiger partial charge on any atom is 0.169 e. The Morgan fingerprint density at radius 1 is 1.35 bits per heavy atom. The minimum absolute atomic E-state index is 0.0527. The van der Waals surface area contributed by atoms with E-state index in [4.69, 9.17) is 4.42 Å². The molecule has 2 nitrogen and oxygen atoms in total. The van der Waals surface area contributed by atoms with Gasteiger partial charge in [0.2, 0.25) is 0 Å². The fraction of sp³-hybridized carbons (Fsp3) is 0.200. The number of thiophene rings is 1. The normalized spacial score (nSPS) is 12.9. The van der Waals surface area contributed by atoms with Gasteiger partial charge in [0, 0.05) is 10.3 Å². The Kier molecular flexibility index (Phi) is 3.92. The van der Waals surface area contributed by atoms with Crippen LogP contribution in [0.25, 0.3) is 11.0 Å². The molecule has 20 heavy (non-hydrogen) atoms. The van der Waals surface area contributed by atoms with E-state index in [1.807, 2.05) is 31.2 Å². The zero-order valence-electron chi connectivity index (χ0n) is 10.8. The molecular formula is C15H13BrFNOS. The summed E-state index contributed by atoms with van der Waals surface area (Å²) in [5, 5.41) is 4.17. The lowest BCUT2D eigenvalue weighted by Crippen LogP contribution is -2.20. The smallest absolute Gasteiger partial charge is 0.169 e.